The highest BCUT2D eigenvalue weighted by Gasteiger charge is 2.09. The smallest absolute Gasteiger partial charge is 0.131 e. The summed E-state index contributed by atoms with van der Waals surface area (Å²) in [5.74, 6) is 0.937. The number of methoxy groups -OCH3 is 2. The molecule has 2 N–H and O–H groups in total. The minimum absolute atomic E-state index is 0.307. The summed E-state index contributed by atoms with van der Waals surface area (Å²) in [5.41, 5.74) is 7.45. The van der Waals surface area contributed by atoms with Crippen LogP contribution in [0.25, 0.3) is 11.1 Å². The molecule has 0 radical (unpaired) electrons. The average molecular weight is 261 g/mol. The molecular formula is C15H16FNO2. The van der Waals surface area contributed by atoms with E-state index in [1.165, 1.54) is 6.07 Å². The Kier molecular flexibility index (Phi) is 4.02. The van der Waals surface area contributed by atoms with Crippen LogP contribution >= 0.6 is 0 Å². The Morgan fingerprint density at radius 3 is 2.11 bits per heavy atom. The molecule has 0 atom stereocenters. The van der Waals surface area contributed by atoms with E-state index < -0.39 is 0 Å². The zero-order valence-corrected chi connectivity index (χ0v) is 10.9. The maximum atomic E-state index is 14.1. The maximum Gasteiger partial charge on any atom is 0.131 e. The zero-order chi connectivity index (χ0) is 13.8. The zero-order valence-electron chi connectivity index (χ0n) is 10.9. The lowest BCUT2D eigenvalue weighted by Crippen LogP contribution is -1.97. The molecule has 0 fully saturated rings. The highest BCUT2D eigenvalue weighted by Crippen LogP contribution is 2.31. The van der Waals surface area contributed by atoms with Crippen molar-refractivity contribution in [1.29, 1.82) is 0 Å². The van der Waals surface area contributed by atoms with Gasteiger partial charge in [0.05, 0.1) is 14.2 Å². The Hall–Kier alpha value is -2.07. The van der Waals surface area contributed by atoms with Crippen molar-refractivity contribution < 1.29 is 13.9 Å². The predicted molar refractivity (Wildman–Crippen MR) is 72.8 cm³/mol. The van der Waals surface area contributed by atoms with Crippen LogP contribution in [0.1, 0.15) is 5.56 Å². The largest absolute Gasteiger partial charge is 0.497 e. The molecule has 0 bridgehead atoms. The highest BCUT2D eigenvalue weighted by molar-refractivity contribution is 5.68. The fourth-order valence-corrected chi connectivity index (χ4v) is 1.88. The second-order valence-electron chi connectivity index (χ2n) is 4.12. The van der Waals surface area contributed by atoms with Crippen molar-refractivity contribution in [2.45, 2.75) is 6.54 Å². The standard InChI is InChI=1S/C15H16FNO2/c1-18-12-6-11(7-13(8-12)19-2)14-4-3-10(9-17)5-15(14)16/h3-8H,9,17H2,1-2H3. The first kappa shape index (κ1) is 13.4. The lowest BCUT2D eigenvalue weighted by molar-refractivity contribution is 0.394. The molecule has 0 aliphatic rings. The van der Waals surface area contributed by atoms with Crippen LogP contribution in [-0.4, -0.2) is 14.2 Å². The van der Waals surface area contributed by atoms with Crippen molar-refractivity contribution >= 4 is 0 Å². The van der Waals surface area contributed by atoms with Crippen molar-refractivity contribution in [3.63, 3.8) is 0 Å². The summed E-state index contributed by atoms with van der Waals surface area (Å²) in [6.07, 6.45) is 0. The topological polar surface area (TPSA) is 44.5 Å². The van der Waals surface area contributed by atoms with Gasteiger partial charge in [0.2, 0.25) is 0 Å². The fourth-order valence-electron chi connectivity index (χ4n) is 1.88. The van der Waals surface area contributed by atoms with Crippen LogP contribution < -0.4 is 15.2 Å². The Bertz CT molecular complexity index is 562. The Balaban J connectivity index is 2.51. The van der Waals surface area contributed by atoms with Gasteiger partial charge in [-0.2, -0.15) is 0 Å². The van der Waals surface area contributed by atoms with Crippen molar-refractivity contribution in [3.05, 3.63) is 47.8 Å². The van der Waals surface area contributed by atoms with E-state index in [1.54, 1.807) is 38.5 Å². The lowest BCUT2D eigenvalue weighted by Gasteiger charge is -2.10. The lowest BCUT2D eigenvalue weighted by atomic mass is 10.0. The first-order valence-electron chi connectivity index (χ1n) is 5.90. The first-order valence-corrected chi connectivity index (χ1v) is 5.90. The summed E-state index contributed by atoms with van der Waals surface area (Å²) in [6, 6.07) is 10.2. The third-order valence-electron chi connectivity index (χ3n) is 2.93. The van der Waals surface area contributed by atoms with Crippen LogP contribution in [0, 0.1) is 5.82 Å². The molecule has 2 rings (SSSR count). The highest BCUT2D eigenvalue weighted by atomic mass is 19.1. The van der Waals surface area contributed by atoms with E-state index in [2.05, 4.69) is 0 Å². The van der Waals surface area contributed by atoms with Gasteiger partial charge in [-0.15, -0.1) is 0 Å². The van der Waals surface area contributed by atoms with Gasteiger partial charge in [-0.05, 0) is 29.3 Å². The number of halogens is 1. The van der Waals surface area contributed by atoms with E-state index in [-0.39, 0.29) is 5.82 Å². The number of benzene rings is 2. The number of hydrogen-bond donors (Lipinski definition) is 1. The third kappa shape index (κ3) is 2.85. The van der Waals surface area contributed by atoms with Gasteiger partial charge < -0.3 is 15.2 Å². The molecule has 0 spiro atoms. The predicted octanol–water partition coefficient (Wildman–Crippen LogP) is 2.97. The number of hydrogen-bond acceptors (Lipinski definition) is 3. The Labute approximate surface area is 111 Å². The van der Waals surface area contributed by atoms with Gasteiger partial charge >= 0.3 is 0 Å². The van der Waals surface area contributed by atoms with Gasteiger partial charge in [-0.1, -0.05) is 12.1 Å². The third-order valence-corrected chi connectivity index (χ3v) is 2.93. The van der Waals surface area contributed by atoms with Crippen LogP contribution in [0.5, 0.6) is 11.5 Å². The monoisotopic (exact) mass is 261 g/mol. The number of rotatable bonds is 4. The number of nitrogens with two attached hydrogens (primary N) is 1. The Morgan fingerprint density at radius 2 is 1.63 bits per heavy atom. The molecule has 0 heterocycles. The molecule has 2 aromatic carbocycles. The van der Waals surface area contributed by atoms with Crippen LogP contribution in [-0.2, 0) is 6.54 Å². The van der Waals surface area contributed by atoms with Gasteiger partial charge in [0.25, 0.3) is 0 Å². The van der Waals surface area contributed by atoms with Crippen LogP contribution in [0.2, 0.25) is 0 Å². The van der Waals surface area contributed by atoms with E-state index in [0.717, 1.165) is 5.56 Å². The molecule has 0 aliphatic carbocycles. The van der Waals surface area contributed by atoms with Crippen molar-refractivity contribution in [2.75, 3.05) is 14.2 Å². The van der Waals surface area contributed by atoms with Crippen molar-refractivity contribution in [1.82, 2.24) is 0 Å². The minimum atomic E-state index is -0.307. The summed E-state index contributed by atoms with van der Waals surface area (Å²) in [6.45, 7) is 0.318. The normalized spacial score (nSPS) is 10.3. The van der Waals surface area contributed by atoms with Gasteiger partial charge in [0.15, 0.2) is 0 Å². The van der Waals surface area contributed by atoms with E-state index in [1.807, 2.05) is 6.07 Å². The van der Waals surface area contributed by atoms with Crippen LogP contribution in [0.15, 0.2) is 36.4 Å². The number of ether oxygens (including phenoxy) is 2. The van der Waals surface area contributed by atoms with Gasteiger partial charge in [-0.3, -0.25) is 0 Å². The SMILES string of the molecule is COc1cc(OC)cc(-c2ccc(CN)cc2F)c1. The quantitative estimate of drug-likeness (QED) is 0.920. The average Bonchev–Trinajstić information content (AvgIpc) is 2.46. The summed E-state index contributed by atoms with van der Waals surface area (Å²) in [5, 5.41) is 0. The first-order chi connectivity index (χ1) is 9.17. The molecule has 3 nitrogen and oxygen atoms in total. The van der Waals surface area contributed by atoms with Crippen LogP contribution in [0.3, 0.4) is 0 Å². The van der Waals surface area contributed by atoms with Gasteiger partial charge in [-0.25, -0.2) is 4.39 Å². The second-order valence-corrected chi connectivity index (χ2v) is 4.12. The van der Waals surface area contributed by atoms with Crippen molar-refractivity contribution in [2.24, 2.45) is 5.73 Å². The molecule has 0 unspecified atom stereocenters. The molecule has 0 aliphatic heterocycles. The molecule has 2 aromatic rings. The molecule has 0 saturated heterocycles. The second kappa shape index (κ2) is 5.71. The maximum absolute atomic E-state index is 14.1. The fraction of sp³-hybridized carbons (Fsp3) is 0.200. The molecule has 0 saturated carbocycles. The van der Waals surface area contributed by atoms with Gasteiger partial charge in [0, 0.05) is 18.2 Å². The van der Waals surface area contributed by atoms with E-state index in [9.17, 15) is 4.39 Å². The van der Waals surface area contributed by atoms with Crippen LogP contribution in [0.4, 0.5) is 4.39 Å². The molecular weight excluding hydrogens is 245 g/mol. The molecule has 0 aromatic heterocycles. The minimum Gasteiger partial charge on any atom is -0.497 e. The van der Waals surface area contributed by atoms with Gasteiger partial charge in [0.1, 0.15) is 17.3 Å². The van der Waals surface area contributed by atoms with E-state index in [4.69, 9.17) is 15.2 Å². The molecule has 0 amide bonds. The summed E-state index contributed by atoms with van der Waals surface area (Å²) in [4.78, 5) is 0. The molecule has 100 valence electrons. The summed E-state index contributed by atoms with van der Waals surface area (Å²) in [7, 11) is 3.12. The Morgan fingerprint density at radius 1 is 1.00 bits per heavy atom. The molecule has 19 heavy (non-hydrogen) atoms. The van der Waals surface area contributed by atoms with E-state index >= 15 is 0 Å². The summed E-state index contributed by atoms with van der Waals surface area (Å²) < 4.78 is 24.4. The molecule has 4 heteroatoms. The van der Waals surface area contributed by atoms with E-state index in [0.29, 0.717) is 29.2 Å². The van der Waals surface area contributed by atoms with Crippen molar-refractivity contribution in [3.8, 4) is 22.6 Å². The summed E-state index contributed by atoms with van der Waals surface area (Å²) >= 11 is 0.